The van der Waals surface area contributed by atoms with Crippen LogP contribution in [0.25, 0.3) is 11.3 Å². The van der Waals surface area contributed by atoms with Gasteiger partial charge in [0, 0.05) is 10.6 Å². The van der Waals surface area contributed by atoms with E-state index in [0.717, 1.165) is 16.1 Å². The van der Waals surface area contributed by atoms with Gasteiger partial charge < -0.3 is 9.15 Å². The number of hydrazone groups is 1. The molecule has 0 aliphatic rings. The highest BCUT2D eigenvalue weighted by Gasteiger charge is 2.23. The van der Waals surface area contributed by atoms with Gasteiger partial charge in [0.05, 0.1) is 30.3 Å². The van der Waals surface area contributed by atoms with Gasteiger partial charge in [-0.3, -0.25) is 9.10 Å². The summed E-state index contributed by atoms with van der Waals surface area (Å²) in [5.41, 5.74) is 4.32. The van der Waals surface area contributed by atoms with Crippen molar-refractivity contribution in [2.75, 3.05) is 23.7 Å². The minimum Gasteiger partial charge on any atom is -0.462 e. The van der Waals surface area contributed by atoms with E-state index in [-0.39, 0.29) is 0 Å². The van der Waals surface area contributed by atoms with Gasteiger partial charge >= 0.3 is 5.97 Å². The fourth-order valence-electron chi connectivity index (χ4n) is 3.14. The minimum atomic E-state index is -3.75. The van der Waals surface area contributed by atoms with Gasteiger partial charge in [-0.15, -0.1) is 0 Å². The topological polar surface area (TPSA) is 118 Å². The summed E-state index contributed by atoms with van der Waals surface area (Å²) in [6, 6.07) is 14.9. The van der Waals surface area contributed by atoms with Crippen molar-refractivity contribution < 1.29 is 27.2 Å². The molecule has 0 atom stereocenters. The number of nitrogens with one attached hydrogen (secondary N) is 1. The quantitative estimate of drug-likeness (QED) is 0.260. The lowest BCUT2D eigenvalue weighted by molar-refractivity contribution is -0.119. The van der Waals surface area contributed by atoms with Crippen LogP contribution in [0, 0.1) is 6.92 Å². The van der Waals surface area contributed by atoms with Crippen molar-refractivity contribution in [1.29, 1.82) is 0 Å². The first kappa shape index (κ1) is 26.0. The smallest absolute Gasteiger partial charge is 0.338 e. The maximum Gasteiger partial charge on any atom is 0.338 e. The van der Waals surface area contributed by atoms with Gasteiger partial charge in [0.15, 0.2) is 0 Å². The van der Waals surface area contributed by atoms with Crippen molar-refractivity contribution in [3.05, 3.63) is 76.5 Å². The molecule has 35 heavy (non-hydrogen) atoms. The number of amides is 1. The molecule has 1 amide bonds. The third kappa shape index (κ3) is 6.71. The van der Waals surface area contributed by atoms with E-state index in [1.54, 1.807) is 68.4 Å². The molecule has 11 heteroatoms. The largest absolute Gasteiger partial charge is 0.462 e. The summed E-state index contributed by atoms with van der Waals surface area (Å²) >= 11 is 6.10. The number of esters is 1. The van der Waals surface area contributed by atoms with Crippen molar-refractivity contribution in [2.45, 2.75) is 13.8 Å². The number of halogens is 1. The Hall–Kier alpha value is -3.63. The molecule has 0 aliphatic heterocycles. The first-order valence-electron chi connectivity index (χ1n) is 10.5. The van der Waals surface area contributed by atoms with Crippen LogP contribution < -0.4 is 9.73 Å². The third-order valence-electron chi connectivity index (χ3n) is 4.88. The number of hydrogen-bond acceptors (Lipinski definition) is 7. The van der Waals surface area contributed by atoms with Gasteiger partial charge in [-0.2, -0.15) is 5.10 Å². The molecule has 9 nitrogen and oxygen atoms in total. The van der Waals surface area contributed by atoms with Crippen LogP contribution in [0.3, 0.4) is 0 Å². The van der Waals surface area contributed by atoms with Crippen LogP contribution in [0.15, 0.2) is 64.1 Å². The van der Waals surface area contributed by atoms with Gasteiger partial charge in [-0.05, 0) is 55.8 Å². The molecule has 2 aromatic carbocycles. The highest BCUT2D eigenvalue weighted by atomic mass is 35.5. The monoisotopic (exact) mass is 517 g/mol. The Balaban J connectivity index is 1.65. The number of carbonyl (C=O) groups excluding carboxylic acids is 2. The lowest BCUT2D eigenvalue weighted by atomic mass is 10.1. The molecule has 184 valence electrons. The van der Waals surface area contributed by atoms with E-state index in [1.165, 1.54) is 6.21 Å². The molecular weight excluding hydrogens is 494 g/mol. The Morgan fingerprint density at radius 1 is 1.14 bits per heavy atom. The predicted molar refractivity (Wildman–Crippen MR) is 134 cm³/mol. The first-order chi connectivity index (χ1) is 16.6. The number of sulfonamides is 1. The molecule has 3 rings (SSSR count). The van der Waals surface area contributed by atoms with Crippen molar-refractivity contribution in [2.24, 2.45) is 5.10 Å². The van der Waals surface area contributed by atoms with E-state index in [0.29, 0.717) is 40.0 Å². The Kier molecular flexibility index (Phi) is 8.31. The summed E-state index contributed by atoms with van der Waals surface area (Å²) < 4.78 is 36.2. The molecule has 0 bridgehead atoms. The van der Waals surface area contributed by atoms with Crippen molar-refractivity contribution >= 4 is 45.4 Å². The molecule has 0 fully saturated rings. The molecule has 1 aromatic heterocycles. The van der Waals surface area contributed by atoms with Gasteiger partial charge in [-0.1, -0.05) is 29.8 Å². The summed E-state index contributed by atoms with van der Waals surface area (Å²) in [6.45, 7) is 3.23. The number of ether oxygens (including phenoxy) is 1. The molecule has 0 saturated heterocycles. The van der Waals surface area contributed by atoms with Crippen LogP contribution in [0.4, 0.5) is 5.69 Å². The molecular formula is C24H24ClN3O6S. The Bertz CT molecular complexity index is 1350. The van der Waals surface area contributed by atoms with E-state index in [9.17, 15) is 18.0 Å². The number of benzene rings is 2. The van der Waals surface area contributed by atoms with Gasteiger partial charge in [0.25, 0.3) is 5.91 Å². The summed E-state index contributed by atoms with van der Waals surface area (Å²) in [7, 11) is -3.75. The maximum atomic E-state index is 12.4. The molecule has 1 N–H and O–H groups in total. The van der Waals surface area contributed by atoms with Crippen LogP contribution >= 0.6 is 11.6 Å². The highest BCUT2D eigenvalue weighted by molar-refractivity contribution is 7.92. The maximum absolute atomic E-state index is 12.4. The van der Waals surface area contributed by atoms with Gasteiger partial charge in [0.1, 0.15) is 18.1 Å². The number of carbonyl (C=O) groups is 2. The second-order valence-corrected chi connectivity index (χ2v) is 9.76. The number of anilines is 1. The lowest BCUT2D eigenvalue weighted by Gasteiger charge is -2.23. The van der Waals surface area contributed by atoms with Crippen LogP contribution in [-0.2, 0) is 19.6 Å². The lowest BCUT2D eigenvalue weighted by Crippen LogP contribution is -2.39. The van der Waals surface area contributed by atoms with Crippen molar-refractivity contribution in [3.63, 3.8) is 0 Å². The van der Waals surface area contributed by atoms with Gasteiger partial charge in [0.2, 0.25) is 10.0 Å². The Morgan fingerprint density at radius 3 is 2.51 bits per heavy atom. The molecule has 0 unspecified atom stereocenters. The predicted octanol–water partition coefficient (Wildman–Crippen LogP) is 4.00. The molecule has 3 aromatic rings. The molecule has 0 aliphatic carbocycles. The second kappa shape index (κ2) is 11.2. The zero-order chi connectivity index (χ0) is 25.6. The summed E-state index contributed by atoms with van der Waals surface area (Å²) in [5, 5.41) is 4.24. The van der Waals surface area contributed by atoms with E-state index in [2.05, 4.69) is 10.5 Å². The summed E-state index contributed by atoms with van der Waals surface area (Å²) in [4.78, 5) is 24.2. The zero-order valence-corrected chi connectivity index (χ0v) is 20.9. The zero-order valence-electron chi connectivity index (χ0n) is 19.3. The average molecular weight is 518 g/mol. The van der Waals surface area contributed by atoms with E-state index >= 15 is 0 Å². The molecule has 1 heterocycles. The SMILES string of the molecule is CCOC(=O)c1ccc(-c2ccc(/C=N\NC(=O)CN(c3cccc(Cl)c3C)S(C)(=O)=O)o2)cc1. The summed E-state index contributed by atoms with van der Waals surface area (Å²) in [6.07, 6.45) is 2.30. The highest BCUT2D eigenvalue weighted by Crippen LogP contribution is 2.28. The van der Waals surface area contributed by atoms with Crippen molar-refractivity contribution in [3.8, 4) is 11.3 Å². The van der Waals surface area contributed by atoms with Crippen molar-refractivity contribution in [1.82, 2.24) is 5.43 Å². The normalized spacial score (nSPS) is 11.4. The second-order valence-electron chi connectivity index (χ2n) is 7.45. The fourth-order valence-corrected chi connectivity index (χ4v) is 4.22. The van der Waals surface area contributed by atoms with E-state index < -0.39 is 28.4 Å². The van der Waals surface area contributed by atoms with E-state index in [4.69, 9.17) is 20.8 Å². The average Bonchev–Trinajstić information content (AvgIpc) is 3.28. The van der Waals surface area contributed by atoms with E-state index in [1.807, 2.05) is 0 Å². The van der Waals surface area contributed by atoms with Crippen LogP contribution in [0.1, 0.15) is 28.6 Å². The van der Waals surface area contributed by atoms with Crippen LogP contribution in [0.2, 0.25) is 5.02 Å². The van der Waals surface area contributed by atoms with Crippen LogP contribution in [-0.4, -0.2) is 45.9 Å². The minimum absolute atomic E-state index is 0.296. The Morgan fingerprint density at radius 2 is 1.86 bits per heavy atom. The number of furan rings is 1. The fraction of sp³-hybridized carbons (Fsp3) is 0.208. The standard InChI is InChI=1S/C24H24ClN3O6S/c1-4-33-24(30)18-10-8-17(9-11-18)22-13-12-19(34-22)14-26-27-23(29)15-28(35(3,31)32)21-7-5-6-20(25)16(21)2/h5-14H,4,15H2,1-3H3,(H,27,29)/b26-14-. The first-order valence-corrected chi connectivity index (χ1v) is 12.7. The number of hydrogen-bond donors (Lipinski definition) is 1. The Labute approximate surface area is 208 Å². The summed E-state index contributed by atoms with van der Waals surface area (Å²) in [5.74, 6) is -0.150. The number of rotatable bonds is 9. The number of nitrogens with zero attached hydrogens (tertiary/aromatic N) is 2. The molecule has 0 saturated carbocycles. The molecule has 0 radical (unpaired) electrons. The molecule has 0 spiro atoms. The third-order valence-corrected chi connectivity index (χ3v) is 6.42. The van der Waals surface area contributed by atoms with Gasteiger partial charge in [-0.25, -0.2) is 18.6 Å². The van der Waals surface area contributed by atoms with Crippen LogP contribution in [0.5, 0.6) is 0 Å².